The van der Waals surface area contributed by atoms with Crippen LogP contribution in [0.5, 0.6) is 5.75 Å². The maximum atomic E-state index is 13.2. The zero-order valence-corrected chi connectivity index (χ0v) is 19.1. The average Bonchev–Trinajstić information content (AvgIpc) is 2.85. The number of aryl methyl sites for hydroxylation is 1. The van der Waals surface area contributed by atoms with Crippen molar-refractivity contribution in [3.05, 3.63) is 59.7 Å². The molecular formula is C25H30N4O4. The van der Waals surface area contributed by atoms with Crippen molar-refractivity contribution in [2.24, 2.45) is 0 Å². The highest BCUT2D eigenvalue weighted by Crippen LogP contribution is 2.22. The molecule has 0 aliphatic carbocycles. The van der Waals surface area contributed by atoms with Crippen LogP contribution in [-0.4, -0.2) is 79.9 Å². The quantitative estimate of drug-likeness (QED) is 0.750. The fraction of sp³-hybridized carbons (Fsp3) is 0.400. The van der Waals surface area contributed by atoms with Crippen molar-refractivity contribution >= 4 is 23.4 Å². The van der Waals surface area contributed by atoms with Crippen LogP contribution in [-0.2, 0) is 9.59 Å². The van der Waals surface area contributed by atoms with E-state index in [1.165, 1.54) is 0 Å². The highest BCUT2D eigenvalue weighted by atomic mass is 16.5. The van der Waals surface area contributed by atoms with Crippen LogP contribution in [0.2, 0.25) is 0 Å². The molecule has 0 spiro atoms. The van der Waals surface area contributed by atoms with Gasteiger partial charge in [0.15, 0.2) is 0 Å². The van der Waals surface area contributed by atoms with E-state index in [0.717, 1.165) is 17.0 Å². The van der Waals surface area contributed by atoms with E-state index in [4.69, 9.17) is 4.74 Å². The molecule has 2 aromatic carbocycles. The molecule has 0 unspecified atom stereocenters. The molecule has 2 aromatic rings. The van der Waals surface area contributed by atoms with E-state index < -0.39 is 6.04 Å². The highest BCUT2D eigenvalue weighted by molar-refractivity contribution is 6.00. The summed E-state index contributed by atoms with van der Waals surface area (Å²) in [5.41, 5.74) is 2.51. The van der Waals surface area contributed by atoms with Crippen molar-refractivity contribution in [1.82, 2.24) is 15.1 Å². The Morgan fingerprint density at radius 2 is 1.70 bits per heavy atom. The SMILES string of the molecule is COc1ccc(N2CCN(C(=O)C[C@@H]3C(=O)NCCN3C(=O)c3ccccc3C)CC2)cc1. The van der Waals surface area contributed by atoms with Crippen LogP contribution in [0.4, 0.5) is 5.69 Å². The molecule has 1 atom stereocenters. The minimum absolute atomic E-state index is 0.00795. The van der Waals surface area contributed by atoms with Gasteiger partial charge in [0.2, 0.25) is 11.8 Å². The van der Waals surface area contributed by atoms with Gasteiger partial charge in [0.05, 0.1) is 13.5 Å². The number of hydrogen-bond donors (Lipinski definition) is 1. The molecule has 2 saturated heterocycles. The third-order valence-electron chi connectivity index (χ3n) is 6.41. The number of carbonyl (C=O) groups is 3. The Balaban J connectivity index is 1.39. The van der Waals surface area contributed by atoms with Gasteiger partial charge in [-0.15, -0.1) is 0 Å². The van der Waals surface area contributed by atoms with Crippen molar-refractivity contribution in [2.75, 3.05) is 51.3 Å². The van der Waals surface area contributed by atoms with Crippen LogP contribution in [0, 0.1) is 6.92 Å². The molecule has 3 amide bonds. The third-order valence-corrected chi connectivity index (χ3v) is 6.41. The van der Waals surface area contributed by atoms with Crippen LogP contribution < -0.4 is 15.0 Å². The summed E-state index contributed by atoms with van der Waals surface area (Å²) in [5.74, 6) is 0.232. The van der Waals surface area contributed by atoms with Crippen LogP contribution in [0.25, 0.3) is 0 Å². The lowest BCUT2D eigenvalue weighted by molar-refractivity contribution is -0.138. The number of methoxy groups -OCH3 is 1. The number of rotatable bonds is 5. The molecule has 0 saturated carbocycles. The first kappa shape index (κ1) is 22.6. The van der Waals surface area contributed by atoms with Crippen molar-refractivity contribution in [2.45, 2.75) is 19.4 Å². The van der Waals surface area contributed by atoms with Gasteiger partial charge in [-0.2, -0.15) is 0 Å². The van der Waals surface area contributed by atoms with Crippen molar-refractivity contribution in [1.29, 1.82) is 0 Å². The van der Waals surface area contributed by atoms with Crippen molar-refractivity contribution < 1.29 is 19.1 Å². The normalized spacial score (nSPS) is 18.7. The second kappa shape index (κ2) is 9.94. The molecule has 8 nitrogen and oxygen atoms in total. The van der Waals surface area contributed by atoms with Gasteiger partial charge in [0.1, 0.15) is 11.8 Å². The number of piperazine rings is 2. The number of amides is 3. The largest absolute Gasteiger partial charge is 0.497 e. The van der Waals surface area contributed by atoms with Gasteiger partial charge in [-0.3, -0.25) is 14.4 Å². The number of ether oxygens (including phenoxy) is 1. The van der Waals surface area contributed by atoms with Crippen LogP contribution in [0.1, 0.15) is 22.3 Å². The van der Waals surface area contributed by atoms with E-state index in [0.29, 0.717) is 44.8 Å². The molecule has 33 heavy (non-hydrogen) atoms. The summed E-state index contributed by atoms with van der Waals surface area (Å²) in [5, 5.41) is 2.81. The Hall–Kier alpha value is -3.55. The molecule has 1 N–H and O–H groups in total. The van der Waals surface area contributed by atoms with E-state index in [1.54, 1.807) is 23.0 Å². The van der Waals surface area contributed by atoms with Gasteiger partial charge in [-0.05, 0) is 42.8 Å². The summed E-state index contributed by atoms with van der Waals surface area (Å²) in [7, 11) is 1.64. The molecule has 2 aliphatic rings. The lowest BCUT2D eigenvalue weighted by atomic mass is 10.0. The lowest BCUT2D eigenvalue weighted by Crippen LogP contribution is -2.59. The highest BCUT2D eigenvalue weighted by Gasteiger charge is 2.37. The first-order valence-corrected chi connectivity index (χ1v) is 11.3. The molecule has 0 bridgehead atoms. The van der Waals surface area contributed by atoms with E-state index >= 15 is 0 Å². The van der Waals surface area contributed by atoms with Gasteiger partial charge in [0, 0.05) is 50.5 Å². The van der Waals surface area contributed by atoms with Gasteiger partial charge < -0.3 is 24.8 Å². The van der Waals surface area contributed by atoms with E-state index in [-0.39, 0.29) is 24.1 Å². The lowest BCUT2D eigenvalue weighted by Gasteiger charge is -2.39. The Morgan fingerprint density at radius 1 is 1.00 bits per heavy atom. The number of hydrogen-bond acceptors (Lipinski definition) is 5. The van der Waals surface area contributed by atoms with Crippen LogP contribution >= 0.6 is 0 Å². The molecule has 174 valence electrons. The summed E-state index contributed by atoms with van der Waals surface area (Å²) >= 11 is 0. The van der Waals surface area contributed by atoms with Crippen molar-refractivity contribution in [3.8, 4) is 5.75 Å². The summed E-state index contributed by atoms with van der Waals surface area (Å²) in [4.78, 5) is 44.5. The Morgan fingerprint density at radius 3 is 2.36 bits per heavy atom. The number of carbonyl (C=O) groups excluding carboxylic acids is 3. The topological polar surface area (TPSA) is 82.2 Å². The minimum Gasteiger partial charge on any atom is -0.497 e. The molecule has 0 aromatic heterocycles. The van der Waals surface area contributed by atoms with E-state index in [2.05, 4.69) is 10.2 Å². The molecule has 8 heteroatoms. The molecular weight excluding hydrogens is 420 g/mol. The predicted molar refractivity (Wildman–Crippen MR) is 125 cm³/mol. The summed E-state index contributed by atoms with van der Waals surface area (Å²) < 4.78 is 5.21. The maximum Gasteiger partial charge on any atom is 0.254 e. The second-order valence-corrected chi connectivity index (χ2v) is 8.39. The molecule has 2 heterocycles. The van der Waals surface area contributed by atoms with Gasteiger partial charge in [-0.1, -0.05) is 18.2 Å². The van der Waals surface area contributed by atoms with Crippen LogP contribution in [0.3, 0.4) is 0 Å². The second-order valence-electron chi connectivity index (χ2n) is 8.39. The smallest absolute Gasteiger partial charge is 0.254 e. The molecule has 2 aliphatic heterocycles. The standard InChI is InChI=1S/C25H30N4O4/c1-18-5-3-4-6-21(18)25(32)29-12-11-26-24(31)22(29)17-23(30)28-15-13-27(14-16-28)19-7-9-20(33-2)10-8-19/h3-10,22H,11-17H2,1-2H3,(H,26,31)/t22-/m1/s1. The van der Waals surface area contributed by atoms with Crippen molar-refractivity contribution in [3.63, 3.8) is 0 Å². The molecule has 4 rings (SSSR count). The Labute approximate surface area is 194 Å². The summed E-state index contributed by atoms with van der Waals surface area (Å²) in [6.07, 6.45) is -0.00795. The van der Waals surface area contributed by atoms with E-state index in [9.17, 15) is 14.4 Å². The molecule has 0 radical (unpaired) electrons. The van der Waals surface area contributed by atoms with Gasteiger partial charge >= 0.3 is 0 Å². The monoisotopic (exact) mass is 450 g/mol. The zero-order valence-electron chi connectivity index (χ0n) is 19.1. The summed E-state index contributed by atoms with van der Waals surface area (Å²) in [6, 6.07) is 14.4. The number of nitrogens with zero attached hydrogens (tertiary/aromatic N) is 3. The number of benzene rings is 2. The zero-order chi connectivity index (χ0) is 23.4. The number of anilines is 1. The fourth-order valence-corrected chi connectivity index (χ4v) is 4.43. The molecule has 2 fully saturated rings. The fourth-order valence-electron chi connectivity index (χ4n) is 4.43. The van der Waals surface area contributed by atoms with Gasteiger partial charge in [-0.25, -0.2) is 0 Å². The van der Waals surface area contributed by atoms with Crippen LogP contribution in [0.15, 0.2) is 48.5 Å². The first-order valence-electron chi connectivity index (χ1n) is 11.3. The van der Waals surface area contributed by atoms with E-state index in [1.807, 2.05) is 49.4 Å². The maximum absolute atomic E-state index is 13.2. The predicted octanol–water partition coefficient (Wildman–Crippen LogP) is 1.68. The minimum atomic E-state index is -0.794. The third kappa shape index (κ3) is 4.94. The Bertz CT molecular complexity index is 1020. The Kier molecular flexibility index (Phi) is 6.82. The van der Waals surface area contributed by atoms with Gasteiger partial charge in [0.25, 0.3) is 5.91 Å². The average molecular weight is 451 g/mol. The number of nitrogens with one attached hydrogen (secondary N) is 1. The summed E-state index contributed by atoms with van der Waals surface area (Å²) in [6.45, 7) is 5.22. The first-order chi connectivity index (χ1) is 16.0.